The Morgan fingerprint density at radius 2 is 2.11 bits per heavy atom. The number of para-hydroxylation sites is 2. The lowest BCUT2D eigenvalue weighted by Crippen LogP contribution is -2.30. The number of nitrogen functional groups attached to an aromatic ring is 1. The third-order valence-corrected chi connectivity index (χ3v) is 3.66. The average Bonchev–Trinajstić information content (AvgIpc) is 2.31. The summed E-state index contributed by atoms with van der Waals surface area (Å²) in [5, 5.41) is 0. The quantitative estimate of drug-likeness (QED) is 0.595. The summed E-state index contributed by atoms with van der Waals surface area (Å²) in [6.07, 6.45) is 5.31. The maximum absolute atomic E-state index is 5.82. The molecular weight excluding hydrogens is 224 g/mol. The predicted molar refractivity (Wildman–Crippen MR) is 75.8 cm³/mol. The Bertz CT molecular complexity index is 363. The monoisotopic (exact) mass is 248 g/mol. The normalized spacial score (nSPS) is 15.7. The average molecular weight is 248 g/mol. The van der Waals surface area contributed by atoms with E-state index in [-0.39, 0.29) is 0 Å². The van der Waals surface area contributed by atoms with E-state index in [2.05, 4.69) is 11.9 Å². The van der Waals surface area contributed by atoms with Crippen LogP contribution in [0.15, 0.2) is 24.3 Å². The number of anilines is 1. The zero-order valence-corrected chi connectivity index (χ0v) is 11.3. The fourth-order valence-electron chi connectivity index (χ4n) is 2.34. The second-order valence-corrected chi connectivity index (χ2v) is 5.30. The highest BCUT2D eigenvalue weighted by Gasteiger charge is 2.18. The molecule has 1 saturated carbocycles. The van der Waals surface area contributed by atoms with Gasteiger partial charge in [0.1, 0.15) is 5.75 Å². The standard InChI is InChI=1S/C15H24N2O/c1-17(12-13-6-4-7-13)10-5-11-18-15-9-3-2-8-14(15)16/h2-3,8-9,13H,4-7,10-12,16H2,1H3. The van der Waals surface area contributed by atoms with Gasteiger partial charge in [-0.25, -0.2) is 0 Å². The van der Waals surface area contributed by atoms with Crippen LogP contribution in [0.3, 0.4) is 0 Å². The topological polar surface area (TPSA) is 38.5 Å². The Kier molecular flexibility index (Phi) is 4.88. The van der Waals surface area contributed by atoms with Crippen molar-refractivity contribution in [3.05, 3.63) is 24.3 Å². The van der Waals surface area contributed by atoms with Crippen molar-refractivity contribution in [2.45, 2.75) is 25.7 Å². The maximum atomic E-state index is 5.82. The van der Waals surface area contributed by atoms with Gasteiger partial charge in [0.05, 0.1) is 12.3 Å². The first-order valence-corrected chi connectivity index (χ1v) is 6.91. The summed E-state index contributed by atoms with van der Waals surface area (Å²) in [7, 11) is 2.20. The fourth-order valence-corrected chi connectivity index (χ4v) is 2.34. The maximum Gasteiger partial charge on any atom is 0.142 e. The van der Waals surface area contributed by atoms with Gasteiger partial charge in [-0.05, 0) is 44.4 Å². The second-order valence-electron chi connectivity index (χ2n) is 5.30. The summed E-state index contributed by atoms with van der Waals surface area (Å²) in [5.74, 6) is 1.75. The van der Waals surface area contributed by atoms with Gasteiger partial charge in [0.2, 0.25) is 0 Å². The molecule has 0 aromatic heterocycles. The minimum atomic E-state index is 0.723. The van der Waals surface area contributed by atoms with Gasteiger partial charge in [-0.1, -0.05) is 18.6 Å². The number of nitrogens with zero attached hydrogens (tertiary/aromatic N) is 1. The first-order valence-electron chi connectivity index (χ1n) is 6.91. The van der Waals surface area contributed by atoms with Gasteiger partial charge in [0, 0.05) is 13.1 Å². The van der Waals surface area contributed by atoms with Gasteiger partial charge in [-0.2, -0.15) is 0 Å². The predicted octanol–water partition coefficient (Wildman–Crippen LogP) is 2.77. The smallest absolute Gasteiger partial charge is 0.142 e. The lowest BCUT2D eigenvalue weighted by Gasteiger charge is -2.30. The van der Waals surface area contributed by atoms with Gasteiger partial charge in [0.15, 0.2) is 0 Å². The van der Waals surface area contributed by atoms with Gasteiger partial charge in [-0.3, -0.25) is 0 Å². The van der Waals surface area contributed by atoms with E-state index >= 15 is 0 Å². The van der Waals surface area contributed by atoms with Gasteiger partial charge in [-0.15, -0.1) is 0 Å². The molecule has 2 N–H and O–H groups in total. The molecule has 3 nitrogen and oxygen atoms in total. The van der Waals surface area contributed by atoms with Crippen LogP contribution in [-0.2, 0) is 0 Å². The lowest BCUT2D eigenvalue weighted by atomic mass is 9.85. The molecule has 0 radical (unpaired) electrons. The third kappa shape index (κ3) is 3.91. The molecule has 0 unspecified atom stereocenters. The van der Waals surface area contributed by atoms with Crippen LogP contribution in [0, 0.1) is 5.92 Å². The van der Waals surface area contributed by atoms with Crippen molar-refractivity contribution < 1.29 is 4.74 Å². The molecule has 0 bridgehead atoms. The summed E-state index contributed by atoms with van der Waals surface area (Å²) >= 11 is 0. The van der Waals surface area contributed by atoms with Crippen LogP contribution in [0.1, 0.15) is 25.7 Å². The number of hydrogen-bond acceptors (Lipinski definition) is 3. The summed E-state index contributed by atoms with van der Waals surface area (Å²) in [6.45, 7) is 3.08. The zero-order valence-electron chi connectivity index (χ0n) is 11.3. The molecule has 1 aromatic rings. The van der Waals surface area contributed by atoms with Crippen LogP contribution < -0.4 is 10.5 Å². The summed E-state index contributed by atoms with van der Waals surface area (Å²) in [4.78, 5) is 2.42. The van der Waals surface area contributed by atoms with Crippen molar-refractivity contribution in [1.82, 2.24) is 4.90 Å². The Hall–Kier alpha value is -1.22. The van der Waals surface area contributed by atoms with E-state index in [1.807, 2.05) is 24.3 Å². The molecular formula is C15H24N2O. The molecule has 2 rings (SSSR count). The molecule has 0 aliphatic heterocycles. The van der Waals surface area contributed by atoms with Crippen LogP contribution in [0.2, 0.25) is 0 Å². The van der Waals surface area contributed by atoms with E-state index < -0.39 is 0 Å². The Morgan fingerprint density at radius 1 is 1.33 bits per heavy atom. The minimum absolute atomic E-state index is 0.723. The van der Waals surface area contributed by atoms with Gasteiger partial charge < -0.3 is 15.4 Å². The molecule has 1 aromatic carbocycles. The highest BCUT2D eigenvalue weighted by molar-refractivity contribution is 5.51. The first kappa shape index (κ1) is 13.2. The van der Waals surface area contributed by atoms with Crippen LogP contribution in [-0.4, -0.2) is 31.6 Å². The Morgan fingerprint density at radius 3 is 2.78 bits per heavy atom. The zero-order chi connectivity index (χ0) is 12.8. The van der Waals surface area contributed by atoms with E-state index in [1.165, 1.54) is 25.8 Å². The highest BCUT2D eigenvalue weighted by Crippen LogP contribution is 2.26. The molecule has 0 saturated heterocycles. The van der Waals surface area contributed by atoms with E-state index in [0.29, 0.717) is 0 Å². The van der Waals surface area contributed by atoms with Crippen molar-refractivity contribution in [2.24, 2.45) is 5.92 Å². The van der Waals surface area contributed by atoms with Crippen LogP contribution in [0.5, 0.6) is 5.75 Å². The molecule has 100 valence electrons. The minimum Gasteiger partial charge on any atom is -0.491 e. The second kappa shape index (κ2) is 6.64. The SMILES string of the molecule is CN(CCCOc1ccccc1N)CC1CCC1. The van der Waals surface area contributed by atoms with Gasteiger partial charge >= 0.3 is 0 Å². The van der Waals surface area contributed by atoms with Crippen LogP contribution >= 0.6 is 0 Å². The van der Waals surface area contributed by atoms with Crippen molar-refractivity contribution in [2.75, 3.05) is 32.5 Å². The molecule has 1 fully saturated rings. The molecule has 0 spiro atoms. The van der Waals surface area contributed by atoms with Crippen molar-refractivity contribution in [1.29, 1.82) is 0 Å². The van der Waals surface area contributed by atoms with E-state index in [4.69, 9.17) is 10.5 Å². The summed E-state index contributed by atoms with van der Waals surface area (Å²) in [6, 6.07) is 7.68. The van der Waals surface area contributed by atoms with Crippen LogP contribution in [0.4, 0.5) is 5.69 Å². The molecule has 1 aliphatic rings. The number of hydrogen-bond donors (Lipinski definition) is 1. The van der Waals surface area contributed by atoms with Crippen molar-refractivity contribution in [3.8, 4) is 5.75 Å². The van der Waals surface area contributed by atoms with E-state index in [9.17, 15) is 0 Å². The van der Waals surface area contributed by atoms with E-state index in [0.717, 1.165) is 36.9 Å². The molecule has 0 amide bonds. The summed E-state index contributed by atoms with van der Waals surface area (Å²) < 4.78 is 5.68. The Balaban J connectivity index is 1.59. The summed E-state index contributed by atoms with van der Waals surface area (Å²) in [5.41, 5.74) is 6.54. The lowest BCUT2D eigenvalue weighted by molar-refractivity contribution is 0.192. The van der Waals surface area contributed by atoms with Crippen LogP contribution in [0.25, 0.3) is 0 Å². The molecule has 18 heavy (non-hydrogen) atoms. The van der Waals surface area contributed by atoms with E-state index in [1.54, 1.807) is 0 Å². The molecule has 0 atom stereocenters. The van der Waals surface area contributed by atoms with Crippen molar-refractivity contribution in [3.63, 3.8) is 0 Å². The fraction of sp³-hybridized carbons (Fsp3) is 0.600. The molecule has 1 aliphatic carbocycles. The van der Waals surface area contributed by atoms with Gasteiger partial charge in [0.25, 0.3) is 0 Å². The number of benzene rings is 1. The Labute approximate surface area is 110 Å². The highest BCUT2D eigenvalue weighted by atomic mass is 16.5. The van der Waals surface area contributed by atoms with Crippen molar-refractivity contribution >= 4 is 5.69 Å². The molecule has 0 heterocycles. The largest absolute Gasteiger partial charge is 0.491 e. The third-order valence-electron chi connectivity index (χ3n) is 3.66. The first-order chi connectivity index (χ1) is 8.75. The number of ether oxygens (including phenoxy) is 1. The molecule has 3 heteroatoms. The number of nitrogens with two attached hydrogens (primary N) is 1. The number of rotatable bonds is 7.